The third-order valence-corrected chi connectivity index (χ3v) is 10.1. The lowest BCUT2D eigenvalue weighted by molar-refractivity contribution is -0.210. The number of hydrogen-bond acceptors (Lipinski definition) is 8. The Morgan fingerprint density at radius 3 is 1.40 bits per heavy atom. The molecule has 2 amide bonds. The number of carbonyl (C=O) groups is 5. The fourth-order valence-corrected chi connectivity index (χ4v) is 8.92. The summed E-state index contributed by atoms with van der Waals surface area (Å²) < 4.78 is 10.8. The maximum atomic E-state index is 13.4. The Morgan fingerprint density at radius 2 is 1.07 bits per heavy atom. The van der Waals surface area contributed by atoms with Crippen LogP contribution in [-0.2, 0) is 38.3 Å². The summed E-state index contributed by atoms with van der Waals surface area (Å²) in [4.78, 5) is 69.3. The molecule has 13 heteroatoms. The van der Waals surface area contributed by atoms with Gasteiger partial charge in [0.2, 0.25) is 0 Å². The topological polar surface area (TPSA) is 116 Å². The van der Waals surface area contributed by atoms with E-state index in [9.17, 15) is 24.0 Å². The SMILES string of the molecule is CPCCC(C)(Br)CC(C)(C)C(=O)OCC(C)(COC(=O)C(C)(C)CC(C)(Br)CCPC)C(=O)ON1C(=O)CCC1=O. The van der Waals surface area contributed by atoms with Crippen LogP contribution in [0.5, 0.6) is 0 Å². The molecule has 242 valence electrons. The van der Waals surface area contributed by atoms with Crippen molar-refractivity contribution < 1.29 is 38.3 Å². The third-order valence-electron chi connectivity index (χ3n) is 7.24. The molecule has 1 aliphatic rings. The number of amides is 2. The van der Waals surface area contributed by atoms with Crippen molar-refractivity contribution in [2.75, 3.05) is 38.9 Å². The highest BCUT2D eigenvalue weighted by Gasteiger charge is 2.46. The molecule has 0 spiro atoms. The molecule has 4 unspecified atom stereocenters. The van der Waals surface area contributed by atoms with Crippen molar-refractivity contribution in [3.8, 4) is 0 Å². The molecule has 0 aromatic carbocycles. The lowest BCUT2D eigenvalue weighted by atomic mass is 9.82. The zero-order valence-electron chi connectivity index (χ0n) is 26.5. The molecule has 0 radical (unpaired) electrons. The van der Waals surface area contributed by atoms with Crippen molar-refractivity contribution in [3.63, 3.8) is 0 Å². The summed E-state index contributed by atoms with van der Waals surface area (Å²) in [6.07, 6.45) is 4.69. The number of rotatable bonds is 18. The summed E-state index contributed by atoms with van der Waals surface area (Å²) in [6, 6.07) is 0. The van der Waals surface area contributed by atoms with Crippen LogP contribution in [0.4, 0.5) is 0 Å². The van der Waals surface area contributed by atoms with E-state index in [-0.39, 0.29) is 21.5 Å². The van der Waals surface area contributed by atoms with E-state index in [1.807, 2.05) is 13.8 Å². The average Bonchev–Trinajstić information content (AvgIpc) is 3.18. The van der Waals surface area contributed by atoms with Gasteiger partial charge in [0, 0.05) is 21.5 Å². The van der Waals surface area contributed by atoms with Crippen molar-refractivity contribution in [2.45, 2.75) is 95.6 Å². The van der Waals surface area contributed by atoms with Crippen LogP contribution in [0.25, 0.3) is 0 Å². The molecule has 0 aromatic rings. The van der Waals surface area contributed by atoms with Crippen molar-refractivity contribution in [2.24, 2.45) is 16.2 Å². The first-order chi connectivity index (χ1) is 19.1. The molecule has 0 aliphatic carbocycles. The van der Waals surface area contributed by atoms with Gasteiger partial charge in [-0.2, -0.15) is 0 Å². The summed E-state index contributed by atoms with van der Waals surface area (Å²) in [5, 5.41) is 0.438. The molecule has 1 rings (SSSR count). The molecule has 1 heterocycles. The van der Waals surface area contributed by atoms with E-state index in [0.29, 0.717) is 17.9 Å². The largest absolute Gasteiger partial charge is 0.464 e. The summed E-state index contributed by atoms with van der Waals surface area (Å²) in [7, 11) is 1.59. The fourth-order valence-electron chi connectivity index (χ4n) is 4.79. The average molecular weight is 761 g/mol. The Bertz CT molecular complexity index is 934. The first-order valence-corrected chi connectivity index (χ1v) is 19.2. The maximum absolute atomic E-state index is 13.4. The Labute approximate surface area is 271 Å². The second-order valence-corrected chi connectivity index (χ2v) is 19.6. The predicted octanol–water partition coefficient (Wildman–Crippen LogP) is 6.22. The van der Waals surface area contributed by atoms with Gasteiger partial charge >= 0.3 is 17.9 Å². The standard InChI is InChI=1S/C29H49Br2NO8P2/c1-25(2,16-28(6,30)12-14-41-8)22(35)38-18-27(5,24(37)40-32-20(33)10-11-21(32)34)19-39-23(36)26(3,4)17-29(7,31)13-15-42-9/h41-42H,10-19H2,1-9H3. The van der Waals surface area contributed by atoms with Crippen molar-refractivity contribution in [3.05, 3.63) is 0 Å². The van der Waals surface area contributed by atoms with Gasteiger partial charge < -0.3 is 14.3 Å². The Morgan fingerprint density at radius 1 is 0.714 bits per heavy atom. The van der Waals surface area contributed by atoms with Gasteiger partial charge in [-0.1, -0.05) is 31.9 Å². The van der Waals surface area contributed by atoms with Gasteiger partial charge in [0.15, 0.2) is 0 Å². The van der Waals surface area contributed by atoms with Crippen molar-refractivity contribution in [1.82, 2.24) is 5.06 Å². The van der Waals surface area contributed by atoms with Gasteiger partial charge in [0.25, 0.3) is 11.8 Å². The minimum atomic E-state index is -1.68. The number of imide groups is 1. The van der Waals surface area contributed by atoms with Crippen LogP contribution >= 0.6 is 49.0 Å². The maximum Gasteiger partial charge on any atom is 0.345 e. The highest BCUT2D eigenvalue weighted by atomic mass is 79.9. The molecule has 0 bridgehead atoms. The molecule has 1 saturated heterocycles. The first-order valence-electron chi connectivity index (χ1n) is 14.2. The molecule has 0 saturated carbocycles. The zero-order chi connectivity index (χ0) is 32.6. The number of hydrogen-bond donors (Lipinski definition) is 0. The zero-order valence-corrected chi connectivity index (χ0v) is 31.7. The van der Waals surface area contributed by atoms with Crippen molar-refractivity contribution in [1.29, 1.82) is 0 Å². The number of hydroxylamine groups is 2. The smallest absolute Gasteiger partial charge is 0.345 e. The molecule has 9 nitrogen and oxygen atoms in total. The quantitative estimate of drug-likeness (QED) is 0.0700. The minimum absolute atomic E-state index is 0.0666. The molecule has 0 aromatic heterocycles. The predicted molar refractivity (Wildman–Crippen MR) is 176 cm³/mol. The van der Waals surface area contributed by atoms with Crippen molar-refractivity contribution >= 4 is 78.7 Å². The minimum Gasteiger partial charge on any atom is -0.464 e. The molecular formula is C29H49Br2NO8P2. The molecular weight excluding hydrogens is 712 g/mol. The lowest BCUT2D eigenvalue weighted by Crippen LogP contribution is -2.46. The number of halogens is 2. The van der Waals surface area contributed by atoms with Crippen LogP contribution in [0, 0.1) is 16.2 Å². The third kappa shape index (κ3) is 12.4. The number of nitrogens with zero attached hydrogens (tertiary/aromatic N) is 1. The summed E-state index contributed by atoms with van der Waals surface area (Å²) in [5.41, 5.74) is -3.46. The van der Waals surface area contributed by atoms with Gasteiger partial charge in [-0.15, -0.1) is 22.2 Å². The molecule has 0 N–H and O–H groups in total. The Hall–Kier alpha value is -0.630. The Kier molecular flexibility index (Phi) is 15.1. The van der Waals surface area contributed by atoms with Crippen LogP contribution in [0.3, 0.4) is 0 Å². The van der Waals surface area contributed by atoms with Crippen LogP contribution in [-0.4, -0.2) is 82.3 Å². The molecule has 42 heavy (non-hydrogen) atoms. The van der Waals surface area contributed by atoms with E-state index in [0.717, 1.165) is 42.3 Å². The monoisotopic (exact) mass is 759 g/mol. The highest BCUT2D eigenvalue weighted by Crippen LogP contribution is 2.40. The van der Waals surface area contributed by atoms with E-state index in [1.165, 1.54) is 6.92 Å². The van der Waals surface area contributed by atoms with Crippen LogP contribution in [0.2, 0.25) is 0 Å². The normalized spacial score (nSPS) is 19.2. The van der Waals surface area contributed by atoms with Gasteiger partial charge in [0.1, 0.15) is 18.6 Å². The van der Waals surface area contributed by atoms with Gasteiger partial charge in [-0.3, -0.25) is 19.2 Å². The molecule has 4 atom stereocenters. The molecule has 1 aliphatic heterocycles. The van der Waals surface area contributed by atoms with E-state index in [4.69, 9.17) is 14.3 Å². The van der Waals surface area contributed by atoms with Gasteiger partial charge in [-0.25, -0.2) is 4.79 Å². The Balaban J connectivity index is 3.10. The van der Waals surface area contributed by atoms with Crippen LogP contribution in [0.15, 0.2) is 0 Å². The fraction of sp³-hybridized carbons (Fsp3) is 0.828. The number of esters is 2. The number of alkyl halides is 2. The van der Waals surface area contributed by atoms with Crippen LogP contribution in [0.1, 0.15) is 87.0 Å². The van der Waals surface area contributed by atoms with Gasteiger partial charge in [-0.05, 0) is 99.8 Å². The van der Waals surface area contributed by atoms with Crippen LogP contribution < -0.4 is 0 Å². The summed E-state index contributed by atoms with van der Waals surface area (Å²) in [5.74, 6) is -3.34. The molecule has 1 fully saturated rings. The van der Waals surface area contributed by atoms with E-state index >= 15 is 0 Å². The summed E-state index contributed by atoms with van der Waals surface area (Å²) >= 11 is 7.50. The number of carbonyl (C=O) groups excluding carboxylic acids is 5. The second kappa shape index (κ2) is 16.1. The summed E-state index contributed by atoms with van der Waals surface area (Å²) in [6.45, 7) is 15.9. The van der Waals surface area contributed by atoms with E-state index in [1.54, 1.807) is 27.7 Å². The second-order valence-electron chi connectivity index (χ2n) is 13.3. The lowest BCUT2D eigenvalue weighted by Gasteiger charge is -2.35. The highest BCUT2D eigenvalue weighted by molar-refractivity contribution is 9.10. The van der Waals surface area contributed by atoms with E-state index in [2.05, 4.69) is 45.2 Å². The first kappa shape index (κ1) is 39.4. The van der Waals surface area contributed by atoms with Gasteiger partial charge in [0.05, 0.1) is 10.8 Å². The van der Waals surface area contributed by atoms with E-state index < -0.39 is 59.2 Å². The number of ether oxygens (including phenoxy) is 2.